The first kappa shape index (κ1) is 17.3. The van der Waals surface area contributed by atoms with Crippen LogP contribution in [0.15, 0.2) is 47.4 Å². The molecule has 0 bridgehead atoms. The Morgan fingerprint density at radius 3 is 2.85 bits per heavy atom. The largest absolute Gasteiger partial charge is 0.490 e. The standard InChI is InChI=1S/C21H23NO3S/c23-21(22-18-8-3-6-15-5-1-2-7-17(15)18)14-26-16-9-10-19-20(13-16)25-12-4-11-24-19/h1-2,5,7,9-10,13,18H,3-4,6,8,11-12,14H2,(H,22,23). The van der Waals surface area contributed by atoms with E-state index in [2.05, 4.69) is 29.6 Å². The second-order valence-electron chi connectivity index (χ2n) is 6.66. The van der Waals surface area contributed by atoms with Gasteiger partial charge in [0.15, 0.2) is 11.5 Å². The van der Waals surface area contributed by atoms with Gasteiger partial charge in [-0.1, -0.05) is 24.3 Å². The minimum atomic E-state index is 0.0730. The maximum absolute atomic E-state index is 12.5. The Kier molecular flexibility index (Phi) is 5.34. The van der Waals surface area contributed by atoms with E-state index >= 15 is 0 Å². The molecule has 1 atom stereocenters. The molecule has 2 aliphatic rings. The third-order valence-corrected chi connectivity index (χ3v) is 5.79. The number of fused-ring (bicyclic) bond motifs is 2. The van der Waals surface area contributed by atoms with Crippen LogP contribution in [0, 0.1) is 0 Å². The number of hydrogen-bond donors (Lipinski definition) is 1. The third kappa shape index (κ3) is 3.98. The molecular formula is C21H23NO3S. The zero-order chi connectivity index (χ0) is 17.8. The summed E-state index contributed by atoms with van der Waals surface area (Å²) in [5.74, 6) is 2.03. The van der Waals surface area contributed by atoms with Crippen molar-refractivity contribution in [2.24, 2.45) is 0 Å². The lowest BCUT2D eigenvalue weighted by atomic mass is 9.88. The van der Waals surface area contributed by atoms with Gasteiger partial charge in [-0.05, 0) is 48.6 Å². The lowest BCUT2D eigenvalue weighted by Gasteiger charge is -2.26. The molecule has 0 aromatic heterocycles. The molecule has 0 radical (unpaired) electrons. The van der Waals surface area contributed by atoms with Crippen molar-refractivity contribution in [2.75, 3.05) is 19.0 Å². The van der Waals surface area contributed by atoms with Gasteiger partial charge in [-0.2, -0.15) is 0 Å². The Bertz CT molecular complexity index is 793. The molecule has 5 heteroatoms. The highest BCUT2D eigenvalue weighted by Gasteiger charge is 2.21. The molecule has 2 aromatic carbocycles. The van der Waals surface area contributed by atoms with E-state index in [0.29, 0.717) is 19.0 Å². The smallest absolute Gasteiger partial charge is 0.230 e. The Labute approximate surface area is 158 Å². The average Bonchev–Trinajstić information content (AvgIpc) is 2.91. The molecule has 0 saturated heterocycles. The van der Waals surface area contributed by atoms with Crippen LogP contribution in [0.2, 0.25) is 0 Å². The molecule has 26 heavy (non-hydrogen) atoms. The molecule has 1 unspecified atom stereocenters. The quantitative estimate of drug-likeness (QED) is 0.823. The summed E-state index contributed by atoms with van der Waals surface area (Å²) in [5, 5.41) is 3.20. The predicted octanol–water partition coefficient (Wildman–Crippen LogP) is 4.13. The monoisotopic (exact) mass is 369 g/mol. The predicted molar refractivity (Wildman–Crippen MR) is 103 cm³/mol. The van der Waals surface area contributed by atoms with Crippen LogP contribution in [-0.2, 0) is 11.2 Å². The first-order valence-corrected chi connectivity index (χ1v) is 10.2. The van der Waals surface area contributed by atoms with E-state index < -0.39 is 0 Å². The summed E-state index contributed by atoms with van der Waals surface area (Å²) in [6, 6.07) is 14.4. The molecule has 0 saturated carbocycles. The van der Waals surface area contributed by atoms with Gasteiger partial charge in [-0.15, -0.1) is 11.8 Å². The minimum absolute atomic E-state index is 0.0730. The Hall–Kier alpha value is -2.14. The molecule has 1 aliphatic carbocycles. The molecule has 0 spiro atoms. The van der Waals surface area contributed by atoms with Crippen LogP contribution >= 0.6 is 11.8 Å². The number of amides is 1. The van der Waals surface area contributed by atoms with Crippen LogP contribution in [-0.4, -0.2) is 24.9 Å². The first-order chi connectivity index (χ1) is 12.8. The molecule has 1 heterocycles. The van der Waals surface area contributed by atoms with Gasteiger partial charge in [0.25, 0.3) is 0 Å². The van der Waals surface area contributed by atoms with E-state index in [1.807, 2.05) is 18.2 Å². The van der Waals surface area contributed by atoms with Gasteiger partial charge in [0, 0.05) is 11.3 Å². The number of carbonyl (C=O) groups is 1. The molecule has 0 fully saturated rings. The third-order valence-electron chi connectivity index (χ3n) is 4.79. The van der Waals surface area contributed by atoms with Crippen molar-refractivity contribution >= 4 is 17.7 Å². The van der Waals surface area contributed by atoms with Crippen LogP contribution in [0.1, 0.15) is 36.4 Å². The molecule has 2 aromatic rings. The molecular weight excluding hydrogens is 346 g/mol. The Morgan fingerprint density at radius 1 is 1.08 bits per heavy atom. The van der Waals surface area contributed by atoms with Gasteiger partial charge in [-0.25, -0.2) is 0 Å². The van der Waals surface area contributed by atoms with E-state index in [4.69, 9.17) is 9.47 Å². The highest BCUT2D eigenvalue weighted by atomic mass is 32.2. The molecule has 4 nitrogen and oxygen atoms in total. The summed E-state index contributed by atoms with van der Waals surface area (Å²) in [6.45, 7) is 1.35. The average molecular weight is 369 g/mol. The number of hydrogen-bond acceptors (Lipinski definition) is 4. The fraction of sp³-hybridized carbons (Fsp3) is 0.381. The number of aryl methyl sites for hydroxylation is 1. The molecule has 1 N–H and O–H groups in total. The van der Waals surface area contributed by atoms with Gasteiger partial charge < -0.3 is 14.8 Å². The highest BCUT2D eigenvalue weighted by Crippen LogP contribution is 2.34. The van der Waals surface area contributed by atoms with Gasteiger partial charge in [0.05, 0.1) is 25.0 Å². The highest BCUT2D eigenvalue weighted by molar-refractivity contribution is 8.00. The number of nitrogens with one attached hydrogen (secondary N) is 1. The van der Waals surface area contributed by atoms with Crippen molar-refractivity contribution in [3.05, 3.63) is 53.6 Å². The van der Waals surface area contributed by atoms with E-state index in [1.54, 1.807) is 0 Å². The SMILES string of the molecule is O=C(CSc1ccc2c(c1)OCCCO2)NC1CCCc2ccccc21. The van der Waals surface area contributed by atoms with Crippen LogP contribution in [0.4, 0.5) is 0 Å². The van der Waals surface area contributed by atoms with Crippen molar-refractivity contribution in [2.45, 2.75) is 36.6 Å². The second kappa shape index (κ2) is 8.04. The first-order valence-electron chi connectivity index (χ1n) is 9.19. The number of ether oxygens (including phenoxy) is 2. The number of carbonyl (C=O) groups excluding carboxylic acids is 1. The lowest BCUT2D eigenvalue weighted by molar-refractivity contribution is -0.119. The Morgan fingerprint density at radius 2 is 1.92 bits per heavy atom. The van der Waals surface area contributed by atoms with E-state index in [-0.39, 0.29) is 11.9 Å². The summed E-state index contributed by atoms with van der Waals surface area (Å²) >= 11 is 1.53. The summed E-state index contributed by atoms with van der Waals surface area (Å²) in [4.78, 5) is 13.5. The second-order valence-corrected chi connectivity index (χ2v) is 7.71. The van der Waals surface area contributed by atoms with E-state index in [1.165, 1.54) is 22.9 Å². The van der Waals surface area contributed by atoms with Crippen molar-refractivity contribution < 1.29 is 14.3 Å². The fourth-order valence-electron chi connectivity index (χ4n) is 3.52. The summed E-state index contributed by atoms with van der Waals surface area (Å²) < 4.78 is 11.4. The fourth-order valence-corrected chi connectivity index (χ4v) is 4.26. The summed E-state index contributed by atoms with van der Waals surface area (Å²) in [5.41, 5.74) is 2.63. The topological polar surface area (TPSA) is 47.6 Å². The summed E-state index contributed by atoms with van der Waals surface area (Å²) in [7, 11) is 0. The van der Waals surface area contributed by atoms with Crippen molar-refractivity contribution in [1.82, 2.24) is 5.32 Å². The molecule has 136 valence electrons. The van der Waals surface area contributed by atoms with Gasteiger partial charge in [-0.3, -0.25) is 4.79 Å². The maximum Gasteiger partial charge on any atom is 0.230 e. The van der Waals surface area contributed by atoms with Crippen LogP contribution in [0.25, 0.3) is 0 Å². The van der Waals surface area contributed by atoms with Gasteiger partial charge >= 0.3 is 0 Å². The molecule has 1 amide bonds. The van der Waals surface area contributed by atoms with E-state index in [9.17, 15) is 4.79 Å². The van der Waals surface area contributed by atoms with Crippen molar-refractivity contribution in [3.8, 4) is 11.5 Å². The zero-order valence-electron chi connectivity index (χ0n) is 14.7. The lowest BCUT2D eigenvalue weighted by Crippen LogP contribution is -2.32. The zero-order valence-corrected chi connectivity index (χ0v) is 15.5. The van der Waals surface area contributed by atoms with Gasteiger partial charge in [0.1, 0.15) is 0 Å². The molecule has 1 aliphatic heterocycles. The van der Waals surface area contributed by atoms with Crippen LogP contribution in [0.3, 0.4) is 0 Å². The summed E-state index contributed by atoms with van der Waals surface area (Å²) in [6.07, 6.45) is 4.13. The Balaban J connectivity index is 1.36. The molecule has 4 rings (SSSR count). The van der Waals surface area contributed by atoms with Gasteiger partial charge in [0.2, 0.25) is 5.91 Å². The maximum atomic E-state index is 12.5. The van der Waals surface area contributed by atoms with Crippen molar-refractivity contribution in [1.29, 1.82) is 0 Å². The number of rotatable bonds is 4. The van der Waals surface area contributed by atoms with Crippen LogP contribution in [0.5, 0.6) is 11.5 Å². The number of thioether (sulfide) groups is 1. The van der Waals surface area contributed by atoms with E-state index in [0.717, 1.165) is 42.1 Å². The van der Waals surface area contributed by atoms with Crippen LogP contribution < -0.4 is 14.8 Å². The van der Waals surface area contributed by atoms with Crippen molar-refractivity contribution in [3.63, 3.8) is 0 Å². The minimum Gasteiger partial charge on any atom is -0.490 e. The normalized spacial score (nSPS) is 18.5. The number of benzene rings is 2.